The van der Waals surface area contributed by atoms with E-state index in [0.29, 0.717) is 0 Å². The highest BCUT2D eigenvalue weighted by Gasteiger charge is 2.19. The SMILES string of the molecule is C[N+](C)(C)CCCCCCc1cc(-c2cc(-c3ccccn3)nc(-c3ccccn3)c2)sc1-c1cc(-c2ccccn2)nc(-c2ccccn2)c1. The van der Waals surface area contributed by atoms with Crippen molar-refractivity contribution in [2.45, 2.75) is 32.1 Å². The maximum Gasteiger partial charge on any atom is 0.0900 e. The van der Waals surface area contributed by atoms with Gasteiger partial charge in [0.25, 0.3) is 0 Å². The summed E-state index contributed by atoms with van der Waals surface area (Å²) in [7, 11) is 6.80. The summed E-state index contributed by atoms with van der Waals surface area (Å²) < 4.78 is 1.00. The van der Waals surface area contributed by atoms with Gasteiger partial charge in [-0.25, -0.2) is 9.97 Å². The molecule has 0 aromatic carbocycles. The van der Waals surface area contributed by atoms with Crippen LogP contribution in [0.1, 0.15) is 31.2 Å². The monoisotopic (exact) mass is 688 g/mol. The second kappa shape index (κ2) is 15.6. The first-order valence-electron chi connectivity index (χ1n) is 17.5. The van der Waals surface area contributed by atoms with Crippen molar-refractivity contribution in [3.63, 3.8) is 0 Å². The topological polar surface area (TPSA) is 77.3 Å². The van der Waals surface area contributed by atoms with Crippen molar-refractivity contribution in [3.05, 3.63) is 133 Å². The molecule has 0 radical (unpaired) electrons. The third-order valence-electron chi connectivity index (χ3n) is 8.74. The molecule has 7 aromatic heterocycles. The van der Waals surface area contributed by atoms with E-state index >= 15 is 0 Å². The Morgan fingerprint density at radius 3 is 1.31 bits per heavy atom. The highest BCUT2D eigenvalue weighted by molar-refractivity contribution is 7.19. The minimum absolute atomic E-state index is 0.821. The molecule has 0 N–H and O–H groups in total. The molecule has 0 aliphatic carbocycles. The quantitative estimate of drug-likeness (QED) is 0.0887. The number of pyridine rings is 6. The number of nitrogens with zero attached hydrogens (tertiary/aromatic N) is 7. The van der Waals surface area contributed by atoms with Crippen LogP contribution >= 0.6 is 11.3 Å². The lowest BCUT2D eigenvalue weighted by Crippen LogP contribution is -2.35. The zero-order chi connectivity index (χ0) is 35.0. The predicted molar refractivity (Wildman–Crippen MR) is 209 cm³/mol. The smallest absolute Gasteiger partial charge is 0.0900 e. The Bertz CT molecular complexity index is 2060. The molecular weight excluding hydrogens is 647 g/mol. The number of hydrogen-bond donors (Lipinski definition) is 0. The summed E-state index contributed by atoms with van der Waals surface area (Å²) in [5, 5.41) is 0. The summed E-state index contributed by atoms with van der Waals surface area (Å²) >= 11 is 1.81. The van der Waals surface area contributed by atoms with E-state index in [2.05, 4.69) is 71.4 Å². The highest BCUT2D eigenvalue weighted by atomic mass is 32.1. The second-order valence-corrected chi connectivity index (χ2v) is 14.8. The van der Waals surface area contributed by atoms with Crippen molar-refractivity contribution >= 4 is 11.3 Å². The largest absolute Gasteiger partial charge is 0.331 e. The van der Waals surface area contributed by atoms with Crippen LogP contribution in [0, 0.1) is 0 Å². The summed E-state index contributed by atoms with van der Waals surface area (Å²) in [6, 6.07) is 34.8. The fourth-order valence-electron chi connectivity index (χ4n) is 6.17. The molecule has 254 valence electrons. The molecule has 7 nitrogen and oxygen atoms in total. The van der Waals surface area contributed by atoms with Crippen LogP contribution in [-0.2, 0) is 6.42 Å². The number of rotatable bonds is 13. The van der Waals surface area contributed by atoms with Gasteiger partial charge in [-0.15, -0.1) is 11.3 Å². The molecule has 7 aromatic rings. The van der Waals surface area contributed by atoms with Crippen LogP contribution in [0.2, 0.25) is 0 Å². The van der Waals surface area contributed by atoms with Crippen molar-refractivity contribution in [2.75, 3.05) is 27.7 Å². The van der Waals surface area contributed by atoms with Crippen LogP contribution in [-0.4, -0.2) is 62.1 Å². The van der Waals surface area contributed by atoms with Crippen molar-refractivity contribution in [2.24, 2.45) is 0 Å². The Morgan fingerprint density at radius 2 is 0.902 bits per heavy atom. The lowest BCUT2D eigenvalue weighted by molar-refractivity contribution is -0.870. The normalized spacial score (nSPS) is 11.5. The molecule has 0 saturated carbocycles. The van der Waals surface area contributed by atoms with Crippen LogP contribution in [0.15, 0.2) is 128 Å². The van der Waals surface area contributed by atoms with E-state index in [1.165, 1.54) is 41.1 Å². The van der Waals surface area contributed by atoms with E-state index in [1.807, 2.05) is 109 Å². The molecule has 8 heteroatoms. The maximum atomic E-state index is 5.06. The molecule has 0 amide bonds. The number of thiophene rings is 1. The van der Waals surface area contributed by atoms with Crippen LogP contribution in [0.5, 0.6) is 0 Å². The van der Waals surface area contributed by atoms with Crippen molar-refractivity contribution in [1.29, 1.82) is 0 Å². The first kappa shape index (κ1) is 34.0. The minimum Gasteiger partial charge on any atom is -0.331 e. The molecule has 0 fully saturated rings. The zero-order valence-electron chi connectivity index (χ0n) is 29.4. The molecule has 0 aliphatic rings. The molecule has 0 aliphatic heterocycles. The van der Waals surface area contributed by atoms with Gasteiger partial charge in [0.2, 0.25) is 0 Å². The van der Waals surface area contributed by atoms with E-state index < -0.39 is 0 Å². The molecule has 51 heavy (non-hydrogen) atoms. The Hall–Kier alpha value is -5.44. The fourth-order valence-corrected chi connectivity index (χ4v) is 7.36. The van der Waals surface area contributed by atoms with E-state index in [9.17, 15) is 0 Å². The van der Waals surface area contributed by atoms with E-state index in [-0.39, 0.29) is 0 Å². The molecular formula is C43H42N7S+. The molecule has 0 saturated heterocycles. The van der Waals surface area contributed by atoms with E-state index in [1.54, 1.807) is 0 Å². The summed E-state index contributed by atoms with van der Waals surface area (Å²) in [6.45, 7) is 1.19. The number of unbranched alkanes of at least 4 members (excludes halogenated alkanes) is 3. The maximum absolute atomic E-state index is 5.06. The zero-order valence-corrected chi connectivity index (χ0v) is 30.2. The van der Waals surface area contributed by atoms with Crippen molar-refractivity contribution in [3.8, 4) is 66.4 Å². The van der Waals surface area contributed by atoms with Crippen LogP contribution < -0.4 is 0 Å². The first-order valence-corrected chi connectivity index (χ1v) is 18.3. The second-order valence-electron chi connectivity index (χ2n) is 13.8. The van der Waals surface area contributed by atoms with Gasteiger partial charge in [0.05, 0.1) is 73.2 Å². The van der Waals surface area contributed by atoms with E-state index in [0.717, 1.165) is 74.0 Å². The van der Waals surface area contributed by atoms with Gasteiger partial charge in [0.1, 0.15) is 0 Å². The van der Waals surface area contributed by atoms with Gasteiger partial charge in [-0.3, -0.25) is 19.9 Å². The minimum atomic E-state index is 0.821. The summed E-state index contributed by atoms with van der Waals surface area (Å²) in [6.07, 6.45) is 13.0. The Morgan fingerprint density at radius 1 is 0.471 bits per heavy atom. The molecule has 7 heterocycles. The molecule has 7 rings (SSSR count). The van der Waals surface area contributed by atoms with Crippen molar-refractivity contribution in [1.82, 2.24) is 29.9 Å². The third kappa shape index (κ3) is 8.66. The van der Waals surface area contributed by atoms with Gasteiger partial charge < -0.3 is 4.48 Å². The Kier molecular flexibility index (Phi) is 10.4. The summed E-state index contributed by atoms with van der Waals surface area (Å²) in [5.41, 5.74) is 10.2. The van der Waals surface area contributed by atoms with Crippen molar-refractivity contribution < 1.29 is 4.48 Å². The lowest BCUT2D eigenvalue weighted by Gasteiger charge is -2.23. The summed E-state index contributed by atoms with van der Waals surface area (Å²) in [5.74, 6) is 0. The Labute approximate surface area is 304 Å². The molecule has 0 unspecified atom stereocenters. The van der Waals surface area contributed by atoms with Gasteiger partial charge >= 0.3 is 0 Å². The van der Waals surface area contributed by atoms with Gasteiger partial charge in [0, 0.05) is 34.5 Å². The Balaban J connectivity index is 1.33. The number of quaternary nitrogens is 1. The number of hydrogen-bond acceptors (Lipinski definition) is 7. The fraction of sp³-hybridized carbons (Fsp3) is 0.209. The lowest BCUT2D eigenvalue weighted by atomic mass is 10.0. The molecule has 0 atom stereocenters. The average molecular weight is 689 g/mol. The van der Waals surface area contributed by atoms with Crippen LogP contribution in [0.25, 0.3) is 66.4 Å². The average Bonchev–Trinajstić information content (AvgIpc) is 3.61. The summed E-state index contributed by atoms with van der Waals surface area (Å²) in [4.78, 5) is 31.1. The van der Waals surface area contributed by atoms with E-state index in [4.69, 9.17) is 9.97 Å². The standard InChI is InChI=1S/C43H42N7S/c1-50(2,3)25-15-5-4-6-16-31-30-42(32-26-38(34-17-7-11-21-44-34)48-39(27-32)35-18-8-12-22-45-35)51-43(31)33-28-40(36-19-9-13-23-46-36)49-41(29-33)37-20-10-14-24-47-37/h7-14,17-24,26-30H,4-6,15-16,25H2,1-3H3/q+1. The van der Waals surface area contributed by atoms with Crippen LogP contribution in [0.4, 0.5) is 0 Å². The van der Waals surface area contributed by atoms with Gasteiger partial charge in [0.15, 0.2) is 0 Å². The van der Waals surface area contributed by atoms with Gasteiger partial charge in [-0.05, 0) is 121 Å². The van der Waals surface area contributed by atoms with Crippen LogP contribution in [0.3, 0.4) is 0 Å². The van der Waals surface area contributed by atoms with Gasteiger partial charge in [-0.1, -0.05) is 30.7 Å². The first-order chi connectivity index (χ1) is 24.9. The van der Waals surface area contributed by atoms with Gasteiger partial charge in [-0.2, -0.15) is 0 Å². The predicted octanol–water partition coefficient (Wildman–Crippen LogP) is 9.93. The number of aromatic nitrogens is 6. The number of aryl methyl sites for hydroxylation is 1. The molecule has 0 spiro atoms. The third-order valence-corrected chi connectivity index (χ3v) is 10.0. The highest BCUT2D eigenvalue weighted by Crippen LogP contribution is 2.42. The molecule has 0 bridgehead atoms.